The van der Waals surface area contributed by atoms with Gasteiger partial charge in [0.1, 0.15) is 0 Å². The summed E-state index contributed by atoms with van der Waals surface area (Å²) < 4.78 is 0. The maximum Gasteiger partial charge on any atom is 0.152 e. The lowest BCUT2D eigenvalue weighted by Gasteiger charge is -2.28. The summed E-state index contributed by atoms with van der Waals surface area (Å²) in [7, 11) is 23.5. The van der Waals surface area contributed by atoms with Crippen molar-refractivity contribution in [1.82, 2.24) is 53.2 Å². The molecule has 12 heteroatoms. The average Bonchev–Trinajstić information content (AvgIpc) is 3.31. The highest BCUT2D eigenvalue weighted by Crippen LogP contribution is 2.21. The minimum atomic E-state index is 0. The summed E-state index contributed by atoms with van der Waals surface area (Å²) in [5, 5.41) is 37.5. The van der Waals surface area contributed by atoms with E-state index in [2.05, 4.69) is 188 Å². The van der Waals surface area contributed by atoms with E-state index in [-0.39, 0.29) is 15.7 Å². The lowest BCUT2D eigenvalue weighted by molar-refractivity contribution is 0.325. The molecular formula is C49H110N12. The number of hydrogen-bond donors (Lipinski definition) is 12. The van der Waals surface area contributed by atoms with Crippen molar-refractivity contribution in [2.45, 2.75) is 102 Å². The number of nitrogens with one attached hydrogen (secondary N) is 12. The van der Waals surface area contributed by atoms with Crippen LogP contribution in [0.25, 0.3) is 0 Å². The van der Waals surface area contributed by atoms with Gasteiger partial charge >= 0.3 is 0 Å². The number of hydrogen-bond acceptors (Lipinski definition) is 12. The lowest BCUT2D eigenvalue weighted by atomic mass is 9.91. The van der Waals surface area contributed by atoms with E-state index < -0.39 is 0 Å². The molecule has 0 aromatic heterocycles. The normalized spacial score (nSPS) is 17.0. The first kappa shape index (κ1) is 60.9. The van der Waals surface area contributed by atoms with E-state index in [9.17, 15) is 0 Å². The van der Waals surface area contributed by atoms with Crippen molar-refractivity contribution in [1.29, 1.82) is 0 Å². The van der Waals surface area contributed by atoms with Gasteiger partial charge in [0.15, 0.2) is 5.82 Å². The van der Waals surface area contributed by atoms with Crippen molar-refractivity contribution >= 4 is 11.4 Å². The molecule has 61 heavy (non-hydrogen) atoms. The Kier molecular flexibility index (Phi) is 46.7. The SMILES string of the molecule is C=C=C=C=C=C=C=C=C=C=C=C(NC)NC.CNC1CCC(NC)CC1.CNC1CCCC(NC)C1.CNCC(C)NC.CNCCCNC.CNc1ccc(C)cc1NC.[HH].[HH].[HH].[HH].[HH].[HH].[HH].[HH].[HH].[HH].[HH]. The Morgan fingerprint density at radius 3 is 1.43 bits per heavy atom. The highest BCUT2D eigenvalue weighted by Gasteiger charge is 2.19. The minimum absolute atomic E-state index is 0. The number of anilines is 2. The van der Waals surface area contributed by atoms with Gasteiger partial charge in [-0.2, -0.15) is 0 Å². The zero-order valence-electron chi connectivity index (χ0n) is 40.8. The Bertz CT molecular complexity index is 1600. The number of rotatable bonds is 15. The van der Waals surface area contributed by atoms with E-state index in [1.807, 2.05) is 42.3 Å². The molecule has 0 heterocycles. The average molecular weight is 868 g/mol. The van der Waals surface area contributed by atoms with Crippen LogP contribution >= 0.6 is 0 Å². The van der Waals surface area contributed by atoms with Gasteiger partial charge in [0.25, 0.3) is 0 Å². The van der Waals surface area contributed by atoms with Crippen molar-refractivity contribution in [2.24, 2.45) is 0 Å². The number of benzene rings is 1. The molecule has 0 saturated heterocycles. The molecule has 1 aromatic rings. The lowest BCUT2D eigenvalue weighted by Crippen LogP contribution is -2.39. The second-order valence-corrected chi connectivity index (χ2v) is 14.3. The molecular weight excluding hydrogens is 757 g/mol. The second kappa shape index (κ2) is 46.7. The fraction of sp³-hybridized carbons (Fsp3) is 0.633. The van der Waals surface area contributed by atoms with Gasteiger partial charge in [0, 0.05) is 80.6 Å². The van der Waals surface area contributed by atoms with E-state index in [0.29, 0.717) is 11.9 Å². The van der Waals surface area contributed by atoms with Gasteiger partial charge in [-0.25, -0.2) is 0 Å². The van der Waals surface area contributed by atoms with Gasteiger partial charge in [-0.15, -0.1) is 0 Å². The zero-order valence-corrected chi connectivity index (χ0v) is 40.8. The third-order valence-corrected chi connectivity index (χ3v) is 9.82. The van der Waals surface area contributed by atoms with E-state index in [1.165, 1.54) is 63.4 Å². The molecule has 3 atom stereocenters. The molecule has 0 spiro atoms. The Labute approximate surface area is 389 Å². The first-order valence-corrected chi connectivity index (χ1v) is 21.8. The highest BCUT2D eigenvalue weighted by molar-refractivity contribution is 5.69. The van der Waals surface area contributed by atoms with Crippen LogP contribution < -0.4 is 63.8 Å². The zero-order chi connectivity index (χ0) is 46.4. The van der Waals surface area contributed by atoms with E-state index in [0.717, 1.165) is 55.2 Å². The van der Waals surface area contributed by atoms with Crippen LogP contribution in [0.2, 0.25) is 0 Å². The van der Waals surface area contributed by atoms with Gasteiger partial charge < -0.3 is 63.8 Å². The molecule has 2 saturated carbocycles. The summed E-state index contributed by atoms with van der Waals surface area (Å²) in [6.45, 7) is 10.8. The van der Waals surface area contributed by atoms with Crippen LogP contribution in [0.1, 0.15) is 86.0 Å². The first-order valence-electron chi connectivity index (χ1n) is 21.8. The summed E-state index contributed by atoms with van der Waals surface area (Å²) in [5.41, 5.74) is 29.0. The Morgan fingerprint density at radius 1 is 0.607 bits per heavy atom. The molecule has 0 bridgehead atoms. The Hall–Kier alpha value is -4.36. The van der Waals surface area contributed by atoms with Gasteiger partial charge in [-0.05, 0) is 211 Å². The first-order chi connectivity index (χ1) is 29.6. The summed E-state index contributed by atoms with van der Waals surface area (Å²) in [4.78, 5) is 0. The molecule has 2 aliphatic carbocycles. The predicted octanol–water partition coefficient (Wildman–Crippen LogP) is 7.33. The Balaban J connectivity index is -0.0000000462. The molecule has 2 fully saturated rings. The molecule has 12 N–H and O–H groups in total. The third-order valence-electron chi connectivity index (χ3n) is 9.82. The van der Waals surface area contributed by atoms with Crippen LogP contribution in [0.5, 0.6) is 0 Å². The molecule has 0 amide bonds. The van der Waals surface area contributed by atoms with Crippen LogP contribution in [0.4, 0.5) is 11.4 Å². The summed E-state index contributed by atoms with van der Waals surface area (Å²) in [6, 6.07) is 9.94. The van der Waals surface area contributed by atoms with Crippen LogP contribution in [0.15, 0.2) is 87.9 Å². The highest BCUT2D eigenvalue weighted by atomic mass is 15.0. The quantitative estimate of drug-likeness (QED) is 0.0634. The molecule has 12 nitrogen and oxygen atoms in total. The fourth-order valence-corrected chi connectivity index (χ4v) is 5.89. The maximum atomic E-state index is 3.33. The van der Waals surface area contributed by atoms with Crippen LogP contribution in [0.3, 0.4) is 0 Å². The fourth-order valence-electron chi connectivity index (χ4n) is 5.89. The molecule has 0 aliphatic heterocycles. The van der Waals surface area contributed by atoms with Crippen LogP contribution in [0, 0.1) is 6.92 Å². The molecule has 1 aromatic carbocycles. The second-order valence-electron chi connectivity index (χ2n) is 14.3. The third kappa shape index (κ3) is 38.3. The van der Waals surface area contributed by atoms with E-state index in [4.69, 9.17) is 0 Å². The van der Waals surface area contributed by atoms with Gasteiger partial charge in [-0.1, -0.05) is 18.2 Å². The van der Waals surface area contributed by atoms with E-state index in [1.54, 1.807) is 14.1 Å². The summed E-state index contributed by atoms with van der Waals surface area (Å²) in [6.07, 6.45) is 11.9. The van der Waals surface area contributed by atoms with Crippen molar-refractivity contribution in [3.63, 3.8) is 0 Å². The Morgan fingerprint density at radius 2 is 1.07 bits per heavy atom. The van der Waals surface area contributed by atoms with Crippen molar-refractivity contribution in [3.05, 3.63) is 93.5 Å². The maximum absolute atomic E-state index is 3.33. The summed E-state index contributed by atoms with van der Waals surface area (Å²) >= 11 is 0. The monoisotopic (exact) mass is 867 g/mol. The molecule has 3 unspecified atom stereocenters. The topological polar surface area (TPSA) is 144 Å². The van der Waals surface area contributed by atoms with Crippen molar-refractivity contribution in [3.8, 4) is 0 Å². The molecule has 366 valence electrons. The number of likely N-dealkylation sites (N-methyl/N-ethyl adjacent to an activating group) is 2. The molecule has 2 aliphatic rings. The van der Waals surface area contributed by atoms with Crippen LogP contribution in [-0.2, 0) is 0 Å². The summed E-state index contributed by atoms with van der Waals surface area (Å²) in [5.74, 6) is 0.702. The molecule has 0 radical (unpaired) electrons. The van der Waals surface area contributed by atoms with Crippen LogP contribution in [-0.4, -0.2) is 134 Å². The molecule has 3 rings (SSSR count). The van der Waals surface area contributed by atoms with Crippen molar-refractivity contribution in [2.75, 3.05) is 115 Å². The van der Waals surface area contributed by atoms with E-state index >= 15 is 0 Å². The largest absolute Gasteiger partial charge is 0.386 e. The standard InChI is InChI=1S/C14H10N2.C9H14N2.2C8H18N2.2C5H14N2.11H2/c1-4-5-6-7-8-9-10-11-12-13-14(15-2)16-3;1-7-4-5-8(10-2)9(6-7)11-3;1-9-7-3-5-8(10-2)6-4-7;1-9-7-4-3-5-8(6-7)10-2;1-5(7-3)4-6-2;1-6-4-3-5-7-2;;;;;;;;;;;/h15-16H,1H2,2-3H3;4-6,10-11H,1-3H3;2*7-10H,3-6H2,1-2H3;5-7H,4H2,1-3H3;6-7H,3-5H2,1-2H3;11*1H. The minimum Gasteiger partial charge on any atom is -0.386 e. The van der Waals surface area contributed by atoms with Gasteiger partial charge in [-0.3, -0.25) is 0 Å². The predicted molar refractivity (Wildman–Crippen MR) is 289 cm³/mol. The smallest absolute Gasteiger partial charge is 0.152 e. The number of aryl methyl sites for hydroxylation is 1. The van der Waals surface area contributed by atoms with Crippen molar-refractivity contribution < 1.29 is 15.7 Å². The van der Waals surface area contributed by atoms with Gasteiger partial charge in [0.05, 0.1) is 11.4 Å². The van der Waals surface area contributed by atoms with Gasteiger partial charge in [0.2, 0.25) is 0 Å².